The molecular formula is C14H23NO3S. The minimum Gasteiger partial charge on any atom is -0.388 e. The van der Waals surface area contributed by atoms with E-state index in [9.17, 15) is 13.5 Å². The standard InChI is InChI=1S/C14H23NO3S/c1-5-11(2)14(3,16)10-15-12-6-8-13(9-7-12)19(4,17)18/h6-9,11,15-16H,5,10H2,1-4H3/t11-,14+/m1/s1. The summed E-state index contributed by atoms with van der Waals surface area (Å²) in [5.74, 6) is 0.190. The molecule has 0 fully saturated rings. The molecule has 2 atom stereocenters. The molecule has 108 valence electrons. The van der Waals surface area contributed by atoms with Crippen molar-refractivity contribution in [2.45, 2.75) is 37.7 Å². The molecule has 0 amide bonds. The van der Waals surface area contributed by atoms with E-state index in [4.69, 9.17) is 0 Å². The Hall–Kier alpha value is -1.07. The molecule has 0 bridgehead atoms. The van der Waals surface area contributed by atoms with E-state index in [2.05, 4.69) is 5.32 Å². The van der Waals surface area contributed by atoms with Gasteiger partial charge in [0.05, 0.1) is 10.5 Å². The van der Waals surface area contributed by atoms with Crippen LogP contribution in [0.3, 0.4) is 0 Å². The van der Waals surface area contributed by atoms with Gasteiger partial charge in [0.15, 0.2) is 9.84 Å². The van der Waals surface area contributed by atoms with Crippen molar-refractivity contribution in [1.29, 1.82) is 0 Å². The third-order valence-electron chi connectivity index (χ3n) is 3.61. The van der Waals surface area contributed by atoms with Gasteiger partial charge >= 0.3 is 0 Å². The van der Waals surface area contributed by atoms with Crippen LogP contribution in [0.5, 0.6) is 0 Å². The molecule has 0 saturated heterocycles. The van der Waals surface area contributed by atoms with Crippen molar-refractivity contribution in [3.05, 3.63) is 24.3 Å². The Labute approximate surface area is 115 Å². The Balaban J connectivity index is 2.70. The molecule has 0 aliphatic carbocycles. The molecule has 2 N–H and O–H groups in total. The second-order valence-corrected chi connectivity index (χ2v) is 7.33. The molecule has 0 unspecified atom stereocenters. The van der Waals surface area contributed by atoms with Crippen molar-refractivity contribution >= 4 is 15.5 Å². The maximum Gasteiger partial charge on any atom is 0.175 e. The molecule has 0 aliphatic heterocycles. The van der Waals surface area contributed by atoms with Crippen LogP contribution in [0.4, 0.5) is 5.69 Å². The van der Waals surface area contributed by atoms with E-state index in [1.165, 1.54) is 6.26 Å². The number of benzene rings is 1. The van der Waals surface area contributed by atoms with Crippen LogP contribution in [0, 0.1) is 5.92 Å². The number of hydrogen-bond donors (Lipinski definition) is 2. The van der Waals surface area contributed by atoms with Gasteiger partial charge in [-0.05, 0) is 37.1 Å². The average Bonchev–Trinajstić information content (AvgIpc) is 2.35. The minimum absolute atomic E-state index is 0.190. The predicted octanol–water partition coefficient (Wildman–Crippen LogP) is 2.30. The number of hydrogen-bond acceptors (Lipinski definition) is 4. The summed E-state index contributed by atoms with van der Waals surface area (Å²) in [4.78, 5) is 0.298. The summed E-state index contributed by atoms with van der Waals surface area (Å²) < 4.78 is 22.7. The number of aliphatic hydroxyl groups is 1. The van der Waals surface area contributed by atoms with Gasteiger partial charge in [-0.2, -0.15) is 0 Å². The van der Waals surface area contributed by atoms with Crippen molar-refractivity contribution in [2.24, 2.45) is 5.92 Å². The van der Waals surface area contributed by atoms with Crippen LogP contribution in [-0.2, 0) is 9.84 Å². The highest BCUT2D eigenvalue weighted by Crippen LogP contribution is 2.21. The molecule has 1 aromatic carbocycles. The summed E-state index contributed by atoms with van der Waals surface area (Å²) >= 11 is 0. The Morgan fingerprint density at radius 2 is 1.84 bits per heavy atom. The molecule has 5 heteroatoms. The van der Waals surface area contributed by atoms with E-state index in [1.54, 1.807) is 31.2 Å². The van der Waals surface area contributed by atoms with Gasteiger partial charge in [-0.25, -0.2) is 8.42 Å². The number of nitrogens with one attached hydrogen (secondary N) is 1. The van der Waals surface area contributed by atoms with Crippen molar-refractivity contribution in [1.82, 2.24) is 0 Å². The molecule has 1 rings (SSSR count). The third kappa shape index (κ3) is 4.51. The zero-order chi connectivity index (χ0) is 14.7. The molecule has 0 spiro atoms. The molecular weight excluding hydrogens is 262 g/mol. The Morgan fingerprint density at radius 1 is 1.32 bits per heavy atom. The predicted molar refractivity (Wildman–Crippen MR) is 78.1 cm³/mol. The second kappa shape index (κ2) is 5.92. The van der Waals surface area contributed by atoms with Crippen LogP contribution >= 0.6 is 0 Å². The molecule has 0 aliphatic rings. The lowest BCUT2D eigenvalue weighted by molar-refractivity contribution is 0.0176. The van der Waals surface area contributed by atoms with Crippen LogP contribution in [0.1, 0.15) is 27.2 Å². The zero-order valence-corrected chi connectivity index (χ0v) is 12.8. The Morgan fingerprint density at radius 3 is 2.26 bits per heavy atom. The largest absolute Gasteiger partial charge is 0.388 e. The quantitative estimate of drug-likeness (QED) is 0.841. The monoisotopic (exact) mass is 285 g/mol. The lowest BCUT2D eigenvalue weighted by Crippen LogP contribution is -2.39. The second-order valence-electron chi connectivity index (χ2n) is 5.32. The first kappa shape index (κ1) is 16.0. The van der Waals surface area contributed by atoms with Gasteiger partial charge < -0.3 is 10.4 Å². The SMILES string of the molecule is CC[C@@H](C)[C@@](C)(O)CNc1ccc(S(C)(=O)=O)cc1. The molecule has 19 heavy (non-hydrogen) atoms. The molecule has 0 aromatic heterocycles. The maximum atomic E-state index is 11.3. The topological polar surface area (TPSA) is 66.4 Å². The van der Waals surface area contributed by atoms with Crippen molar-refractivity contribution in [3.63, 3.8) is 0 Å². The van der Waals surface area contributed by atoms with E-state index >= 15 is 0 Å². The van der Waals surface area contributed by atoms with E-state index in [1.807, 2.05) is 13.8 Å². The lowest BCUT2D eigenvalue weighted by Gasteiger charge is -2.30. The van der Waals surface area contributed by atoms with Crippen LogP contribution in [0.2, 0.25) is 0 Å². The summed E-state index contributed by atoms with van der Waals surface area (Å²) in [5.41, 5.74) is 0.0144. The number of anilines is 1. The number of rotatable bonds is 6. The molecule has 0 heterocycles. The van der Waals surface area contributed by atoms with Crippen LogP contribution in [0.25, 0.3) is 0 Å². The van der Waals surface area contributed by atoms with Gasteiger partial charge in [0.1, 0.15) is 0 Å². The first-order valence-corrected chi connectivity index (χ1v) is 8.32. The lowest BCUT2D eigenvalue weighted by atomic mass is 9.88. The van der Waals surface area contributed by atoms with Crippen LogP contribution in [0.15, 0.2) is 29.2 Å². The minimum atomic E-state index is -3.16. The average molecular weight is 285 g/mol. The third-order valence-corrected chi connectivity index (χ3v) is 4.74. The van der Waals surface area contributed by atoms with E-state index < -0.39 is 15.4 Å². The van der Waals surface area contributed by atoms with Gasteiger partial charge in [-0.15, -0.1) is 0 Å². The smallest absolute Gasteiger partial charge is 0.175 e. The van der Waals surface area contributed by atoms with Gasteiger partial charge in [0.2, 0.25) is 0 Å². The summed E-state index contributed by atoms with van der Waals surface area (Å²) in [6.07, 6.45) is 2.09. The molecule has 0 radical (unpaired) electrons. The van der Waals surface area contributed by atoms with E-state index in [0.29, 0.717) is 11.4 Å². The highest BCUT2D eigenvalue weighted by atomic mass is 32.2. The summed E-state index contributed by atoms with van der Waals surface area (Å²) in [6.45, 7) is 6.29. The maximum absolute atomic E-state index is 11.3. The zero-order valence-electron chi connectivity index (χ0n) is 12.0. The fourth-order valence-electron chi connectivity index (χ4n) is 1.71. The molecule has 0 saturated carbocycles. The van der Waals surface area contributed by atoms with Gasteiger partial charge in [-0.1, -0.05) is 20.3 Å². The number of sulfone groups is 1. The molecule has 1 aromatic rings. The van der Waals surface area contributed by atoms with Gasteiger partial charge in [0.25, 0.3) is 0 Å². The summed E-state index contributed by atoms with van der Waals surface area (Å²) in [7, 11) is -3.16. The molecule has 4 nitrogen and oxygen atoms in total. The van der Waals surface area contributed by atoms with Gasteiger partial charge in [-0.3, -0.25) is 0 Å². The first-order chi connectivity index (χ1) is 8.66. The van der Waals surface area contributed by atoms with Crippen LogP contribution in [-0.4, -0.2) is 31.9 Å². The highest BCUT2D eigenvalue weighted by molar-refractivity contribution is 7.90. The fourth-order valence-corrected chi connectivity index (χ4v) is 2.35. The van der Waals surface area contributed by atoms with E-state index in [0.717, 1.165) is 12.1 Å². The van der Waals surface area contributed by atoms with Crippen LogP contribution < -0.4 is 5.32 Å². The van der Waals surface area contributed by atoms with Crippen molar-refractivity contribution in [3.8, 4) is 0 Å². The van der Waals surface area contributed by atoms with Crippen molar-refractivity contribution in [2.75, 3.05) is 18.1 Å². The summed E-state index contributed by atoms with van der Waals surface area (Å²) in [5, 5.41) is 13.4. The first-order valence-electron chi connectivity index (χ1n) is 6.43. The van der Waals surface area contributed by atoms with Crippen molar-refractivity contribution < 1.29 is 13.5 Å². The Kier molecular flexibility index (Phi) is 4.98. The summed E-state index contributed by atoms with van der Waals surface area (Å²) in [6, 6.07) is 6.55. The Bertz CT molecular complexity index is 506. The normalized spacial score (nSPS) is 16.7. The van der Waals surface area contributed by atoms with E-state index in [-0.39, 0.29) is 5.92 Å². The fraction of sp³-hybridized carbons (Fsp3) is 0.571. The highest BCUT2D eigenvalue weighted by Gasteiger charge is 2.26. The van der Waals surface area contributed by atoms with Gasteiger partial charge in [0, 0.05) is 18.5 Å².